The SMILES string of the molecule is COc1ccc(CCNC(=NCC2CCCO2)NCCc2ccco2)cc1. The van der Waals surface area contributed by atoms with Crippen molar-refractivity contribution >= 4 is 5.96 Å². The van der Waals surface area contributed by atoms with Gasteiger partial charge in [-0.1, -0.05) is 12.1 Å². The van der Waals surface area contributed by atoms with E-state index in [2.05, 4.69) is 22.8 Å². The third-order valence-electron chi connectivity index (χ3n) is 4.59. The van der Waals surface area contributed by atoms with Crippen LogP contribution in [0, 0.1) is 0 Å². The number of benzene rings is 1. The molecule has 0 spiro atoms. The quantitative estimate of drug-likeness (QED) is 0.524. The van der Waals surface area contributed by atoms with Crippen LogP contribution in [0.2, 0.25) is 0 Å². The summed E-state index contributed by atoms with van der Waals surface area (Å²) in [6.45, 7) is 3.13. The molecule has 146 valence electrons. The fourth-order valence-electron chi connectivity index (χ4n) is 3.03. The molecule has 0 bridgehead atoms. The average Bonchev–Trinajstić information content (AvgIpc) is 3.40. The maximum Gasteiger partial charge on any atom is 0.191 e. The molecule has 6 nitrogen and oxygen atoms in total. The Morgan fingerprint density at radius 3 is 2.63 bits per heavy atom. The van der Waals surface area contributed by atoms with Crippen molar-refractivity contribution in [1.82, 2.24) is 10.6 Å². The van der Waals surface area contributed by atoms with Gasteiger partial charge in [0, 0.05) is 26.1 Å². The molecule has 2 aromatic rings. The molecule has 6 heteroatoms. The molecule has 1 aromatic heterocycles. The highest BCUT2D eigenvalue weighted by atomic mass is 16.5. The molecule has 2 N–H and O–H groups in total. The lowest BCUT2D eigenvalue weighted by molar-refractivity contribution is 0.117. The molecule has 1 unspecified atom stereocenters. The summed E-state index contributed by atoms with van der Waals surface area (Å²) in [4.78, 5) is 4.70. The van der Waals surface area contributed by atoms with E-state index in [0.717, 1.165) is 62.8 Å². The van der Waals surface area contributed by atoms with Gasteiger partial charge in [0.15, 0.2) is 5.96 Å². The number of hydrogen-bond acceptors (Lipinski definition) is 4. The van der Waals surface area contributed by atoms with Gasteiger partial charge in [-0.15, -0.1) is 0 Å². The number of furan rings is 1. The predicted molar refractivity (Wildman–Crippen MR) is 106 cm³/mol. The van der Waals surface area contributed by atoms with E-state index >= 15 is 0 Å². The van der Waals surface area contributed by atoms with Crippen LogP contribution in [-0.4, -0.2) is 45.4 Å². The van der Waals surface area contributed by atoms with E-state index in [-0.39, 0.29) is 6.10 Å². The van der Waals surface area contributed by atoms with Crippen LogP contribution in [0.1, 0.15) is 24.2 Å². The third kappa shape index (κ3) is 6.64. The van der Waals surface area contributed by atoms with Crippen LogP contribution < -0.4 is 15.4 Å². The first kappa shape index (κ1) is 19.3. The first-order valence-corrected chi connectivity index (χ1v) is 9.62. The number of methoxy groups -OCH3 is 1. The van der Waals surface area contributed by atoms with E-state index in [1.54, 1.807) is 13.4 Å². The summed E-state index contributed by atoms with van der Waals surface area (Å²) >= 11 is 0. The van der Waals surface area contributed by atoms with Crippen molar-refractivity contribution in [2.45, 2.75) is 31.8 Å². The molecule has 0 amide bonds. The van der Waals surface area contributed by atoms with E-state index in [1.807, 2.05) is 24.3 Å². The van der Waals surface area contributed by atoms with E-state index in [4.69, 9.17) is 18.9 Å². The molecule has 1 atom stereocenters. The van der Waals surface area contributed by atoms with Crippen LogP contribution in [0.15, 0.2) is 52.1 Å². The Bertz CT molecular complexity index is 677. The Labute approximate surface area is 161 Å². The minimum absolute atomic E-state index is 0.246. The molecule has 0 saturated carbocycles. The van der Waals surface area contributed by atoms with E-state index in [1.165, 1.54) is 5.56 Å². The van der Waals surface area contributed by atoms with E-state index in [0.29, 0.717) is 6.54 Å². The number of aliphatic imine (C=N–C) groups is 1. The number of rotatable bonds is 9. The molecule has 1 aromatic carbocycles. The van der Waals surface area contributed by atoms with Crippen LogP contribution >= 0.6 is 0 Å². The molecule has 2 heterocycles. The van der Waals surface area contributed by atoms with Crippen molar-refractivity contribution in [2.24, 2.45) is 4.99 Å². The largest absolute Gasteiger partial charge is 0.497 e. The van der Waals surface area contributed by atoms with Crippen LogP contribution in [0.3, 0.4) is 0 Å². The highest BCUT2D eigenvalue weighted by Crippen LogP contribution is 2.12. The number of ether oxygens (including phenoxy) is 2. The molecule has 1 fully saturated rings. The topological polar surface area (TPSA) is 68.0 Å². The molecule has 1 aliphatic heterocycles. The second-order valence-corrected chi connectivity index (χ2v) is 6.61. The Kier molecular flexibility index (Phi) is 7.59. The first-order valence-electron chi connectivity index (χ1n) is 9.62. The molecule has 0 radical (unpaired) electrons. The number of nitrogens with zero attached hydrogens (tertiary/aromatic N) is 1. The standard InChI is InChI=1S/C21H29N3O3/c1-25-18-8-6-17(7-9-18)10-12-22-21(24-16-20-5-3-15-27-20)23-13-11-19-4-2-14-26-19/h2,4,6-9,14,20H,3,5,10-13,15-16H2,1H3,(H2,22,23,24). The van der Waals surface area contributed by atoms with Gasteiger partial charge in [-0.05, 0) is 49.1 Å². The lowest BCUT2D eigenvalue weighted by Gasteiger charge is -2.14. The number of guanidine groups is 1. The fourth-order valence-corrected chi connectivity index (χ4v) is 3.03. The van der Waals surface area contributed by atoms with Gasteiger partial charge >= 0.3 is 0 Å². The number of hydrogen-bond donors (Lipinski definition) is 2. The lowest BCUT2D eigenvalue weighted by atomic mass is 10.1. The summed E-state index contributed by atoms with van der Waals surface area (Å²) < 4.78 is 16.3. The molecule has 0 aliphatic carbocycles. The van der Waals surface area contributed by atoms with Gasteiger partial charge in [-0.3, -0.25) is 4.99 Å². The Morgan fingerprint density at radius 1 is 1.15 bits per heavy atom. The van der Waals surface area contributed by atoms with Gasteiger partial charge in [-0.2, -0.15) is 0 Å². The van der Waals surface area contributed by atoms with Crippen molar-refractivity contribution in [1.29, 1.82) is 0 Å². The normalized spacial score (nSPS) is 17.1. The summed E-state index contributed by atoms with van der Waals surface area (Å²) in [5.41, 5.74) is 1.26. The van der Waals surface area contributed by atoms with E-state index < -0.39 is 0 Å². The van der Waals surface area contributed by atoms with E-state index in [9.17, 15) is 0 Å². The van der Waals surface area contributed by atoms with Crippen molar-refractivity contribution in [3.8, 4) is 5.75 Å². The zero-order valence-corrected chi connectivity index (χ0v) is 15.9. The Hall–Kier alpha value is -2.47. The average molecular weight is 371 g/mol. The highest BCUT2D eigenvalue weighted by Gasteiger charge is 2.14. The summed E-state index contributed by atoms with van der Waals surface area (Å²) in [6.07, 6.45) is 5.92. The second kappa shape index (κ2) is 10.6. The van der Waals surface area contributed by atoms with Gasteiger partial charge < -0.3 is 24.5 Å². The predicted octanol–water partition coefficient (Wildman–Crippen LogP) is 2.79. The molecular weight excluding hydrogens is 342 g/mol. The lowest BCUT2D eigenvalue weighted by Crippen LogP contribution is -2.40. The zero-order chi connectivity index (χ0) is 18.7. The van der Waals surface area contributed by atoms with Crippen molar-refractivity contribution in [2.75, 3.05) is 33.4 Å². The minimum atomic E-state index is 0.246. The van der Waals surface area contributed by atoms with Gasteiger partial charge in [0.2, 0.25) is 0 Å². The van der Waals surface area contributed by atoms with Crippen molar-refractivity contribution in [3.63, 3.8) is 0 Å². The monoisotopic (exact) mass is 371 g/mol. The Morgan fingerprint density at radius 2 is 1.96 bits per heavy atom. The molecule has 27 heavy (non-hydrogen) atoms. The highest BCUT2D eigenvalue weighted by molar-refractivity contribution is 5.79. The summed E-state index contributed by atoms with van der Waals surface area (Å²) in [7, 11) is 1.68. The first-order chi connectivity index (χ1) is 13.3. The Balaban J connectivity index is 1.47. The van der Waals surface area contributed by atoms with Gasteiger partial charge in [0.25, 0.3) is 0 Å². The van der Waals surface area contributed by atoms with Crippen LogP contribution in [0.25, 0.3) is 0 Å². The summed E-state index contributed by atoms with van der Waals surface area (Å²) in [5, 5.41) is 6.81. The third-order valence-corrected chi connectivity index (χ3v) is 4.59. The van der Waals surface area contributed by atoms with Crippen molar-refractivity contribution in [3.05, 3.63) is 54.0 Å². The second-order valence-electron chi connectivity index (χ2n) is 6.61. The zero-order valence-electron chi connectivity index (χ0n) is 15.9. The maximum absolute atomic E-state index is 5.67. The van der Waals surface area contributed by atoms with Gasteiger partial charge in [-0.25, -0.2) is 0 Å². The maximum atomic E-state index is 5.67. The van der Waals surface area contributed by atoms with Crippen LogP contribution in [0.4, 0.5) is 0 Å². The fraction of sp³-hybridized carbons (Fsp3) is 0.476. The van der Waals surface area contributed by atoms with Gasteiger partial charge in [0.1, 0.15) is 11.5 Å². The van der Waals surface area contributed by atoms with Gasteiger partial charge in [0.05, 0.1) is 26.0 Å². The summed E-state index contributed by atoms with van der Waals surface area (Å²) in [6, 6.07) is 12.1. The minimum Gasteiger partial charge on any atom is -0.497 e. The smallest absolute Gasteiger partial charge is 0.191 e. The number of nitrogens with one attached hydrogen (secondary N) is 2. The van der Waals surface area contributed by atoms with Crippen LogP contribution in [0.5, 0.6) is 5.75 Å². The molecule has 3 rings (SSSR count). The van der Waals surface area contributed by atoms with Crippen molar-refractivity contribution < 1.29 is 13.9 Å². The molecular formula is C21H29N3O3. The van der Waals surface area contributed by atoms with Crippen LogP contribution in [-0.2, 0) is 17.6 Å². The molecule has 1 aliphatic rings. The molecule has 1 saturated heterocycles. The summed E-state index contributed by atoms with van der Waals surface area (Å²) in [5.74, 6) is 2.68.